The highest BCUT2D eigenvalue weighted by molar-refractivity contribution is 9.10. The fourth-order valence-electron chi connectivity index (χ4n) is 0.489. The molecule has 0 aliphatic heterocycles. The van der Waals surface area contributed by atoms with Gasteiger partial charge in [0.25, 0.3) is 0 Å². The molecule has 0 radical (unpaired) electrons. The molecule has 0 unspecified atom stereocenters. The van der Waals surface area contributed by atoms with E-state index in [2.05, 4.69) is 25.7 Å². The van der Waals surface area contributed by atoms with Crippen LogP contribution in [-0.4, -0.2) is 18.1 Å². The van der Waals surface area contributed by atoms with Gasteiger partial charge in [-0.1, -0.05) is 15.9 Å². The molecule has 1 heterocycles. The van der Waals surface area contributed by atoms with Gasteiger partial charge in [-0.25, -0.2) is 9.78 Å². The van der Waals surface area contributed by atoms with Gasteiger partial charge in [-0.3, -0.25) is 0 Å². The minimum Gasteiger partial charge on any atom is -0.464 e. The number of aromatic nitrogens is 1. The highest BCUT2D eigenvalue weighted by atomic mass is 79.9. The normalized spacial score (nSPS) is 13.1. The molecule has 0 atom stereocenters. The zero-order valence-corrected chi connectivity index (χ0v) is 7.23. The predicted octanol–water partition coefficient (Wildman–Crippen LogP) is 1.63. The third-order valence-corrected chi connectivity index (χ3v) is 1.34. The number of halogens is 1. The summed E-state index contributed by atoms with van der Waals surface area (Å²) >= 11 is 2.94. The number of nitrogens with zero attached hydrogens (tertiary/aromatic N) is 1. The van der Waals surface area contributed by atoms with Gasteiger partial charge < -0.3 is 4.74 Å². The van der Waals surface area contributed by atoms with E-state index in [9.17, 15) is 4.79 Å². The molecule has 1 aromatic rings. The molecule has 0 aliphatic rings. The van der Waals surface area contributed by atoms with Gasteiger partial charge in [0, 0.05) is 10.6 Å². The van der Waals surface area contributed by atoms with Gasteiger partial charge in [0.05, 0.1) is 11.2 Å². The van der Waals surface area contributed by atoms with Crippen molar-refractivity contribution in [1.82, 2.24) is 4.98 Å². The number of ether oxygens (including phenoxy) is 1. The van der Waals surface area contributed by atoms with Crippen molar-refractivity contribution in [3.8, 4) is 0 Å². The van der Waals surface area contributed by atoms with Crippen LogP contribution in [0.25, 0.3) is 0 Å². The van der Waals surface area contributed by atoms with Gasteiger partial charge in [-0.15, -0.1) is 0 Å². The first-order chi connectivity index (χ1) is 6.49. The third kappa shape index (κ3) is 2.01. The number of carbonyl (C=O) groups excluding carboxylic acids is 1. The van der Waals surface area contributed by atoms with Crippen molar-refractivity contribution in [3.05, 3.63) is 28.4 Å². The van der Waals surface area contributed by atoms with E-state index in [-0.39, 0.29) is 28.4 Å². The monoisotopic (exact) mass is 218 g/mol. The standard InChI is InChI=1S/C7H6BrNO2/c1-11-7(10)6-4-5(8)2-3-9-6/h2-4H,1H3/i2D,3D,4D. The summed E-state index contributed by atoms with van der Waals surface area (Å²) in [6.45, 7) is 0. The summed E-state index contributed by atoms with van der Waals surface area (Å²) in [5.74, 6) is -0.788. The largest absolute Gasteiger partial charge is 0.464 e. The summed E-state index contributed by atoms with van der Waals surface area (Å²) in [4.78, 5) is 14.6. The molecule has 1 aromatic heterocycles. The lowest BCUT2D eigenvalue weighted by Crippen LogP contribution is -2.03. The molecule has 0 aliphatic carbocycles. The summed E-state index contributed by atoms with van der Waals surface area (Å²) < 4.78 is 26.5. The van der Waals surface area contributed by atoms with Crippen molar-refractivity contribution >= 4 is 21.9 Å². The second-order valence-corrected chi connectivity index (χ2v) is 2.42. The Bertz CT molecular complexity index is 397. The first-order valence-electron chi connectivity index (χ1n) is 4.20. The Labute approximate surface area is 76.7 Å². The Morgan fingerprint density at radius 3 is 3.27 bits per heavy atom. The summed E-state index contributed by atoms with van der Waals surface area (Å²) in [5.41, 5.74) is -0.264. The number of esters is 1. The minimum atomic E-state index is -0.788. The van der Waals surface area contributed by atoms with E-state index in [0.29, 0.717) is 0 Å². The van der Waals surface area contributed by atoms with Crippen LogP contribution in [0.3, 0.4) is 0 Å². The maximum atomic E-state index is 11.1. The van der Waals surface area contributed by atoms with Crippen LogP contribution in [0.15, 0.2) is 22.7 Å². The number of carbonyl (C=O) groups is 1. The summed E-state index contributed by atoms with van der Waals surface area (Å²) in [7, 11) is 1.16. The number of hydrogen-bond donors (Lipinski definition) is 0. The van der Waals surface area contributed by atoms with E-state index in [4.69, 9.17) is 4.11 Å². The molecule has 4 heteroatoms. The van der Waals surface area contributed by atoms with Crippen molar-refractivity contribution in [2.75, 3.05) is 7.11 Å². The fraction of sp³-hybridized carbons (Fsp3) is 0.143. The van der Waals surface area contributed by atoms with Gasteiger partial charge in [0.1, 0.15) is 5.69 Å². The molecule has 11 heavy (non-hydrogen) atoms. The Hall–Kier alpha value is -0.900. The minimum absolute atomic E-state index is 0.0675. The van der Waals surface area contributed by atoms with Gasteiger partial charge in [0.15, 0.2) is 0 Å². The Morgan fingerprint density at radius 2 is 2.64 bits per heavy atom. The molecule has 0 N–H and O–H groups in total. The number of methoxy groups -OCH3 is 1. The van der Waals surface area contributed by atoms with E-state index in [1.54, 1.807) is 0 Å². The maximum Gasteiger partial charge on any atom is 0.356 e. The summed E-state index contributed by atoms with van der Waals surface area (Å²) in [5, 5.41) is 0. The van der Waals surface area contributed by atoms with Gasteiger partial charge in [-0.05, 0) is 12.1 Å². The zero-order chi connectivity index (χ0) is 10.9. The van der Waals surface area contributed by atoms with Crippen molar-refractivity contribution < 1.29 is 13.6 Å². The molecule has 0 saturated heterocycles. The van der Waals surface area contributed by atoms with Crippen LogP contribution in [-0.2, 0) is 4.74 Å². The Balaban J connectivity index is 3.40. The van der Waals surface area contributed by atoms with Crippen LogP contribution in [0.2, 0.25) is 0 Å². The first-order valence-corrected chi connectivity index (χ1v) is 3.50. The van der Waals surface area contributed by atoms with Crippen LogP contribution in [0.4, 0.5) is 0 Å². The average Bonchev–Trinajstić information content (AvgIpc) is 2.19. The molecular formula is C7H6BrNO2. The van der Waals surface area contributed by atoms with E-state index in [1.165, 1.54) is 0 Å². The molecule has 0 bridgehead atoms. The summed E-state index contributed by atoms with van der Waals surface area (Å²) in [6, 6.07) is -0.458. The van der Waals surface area contributed by atoms with Crippen LogP contribution < -0.4 is 0 Å². The highest BCUT2D eigenvalue weighted by Crippen LogP contribution is 2.09. The van der Waals surface area contributed by atoms with Gasteiger partial charge in [0.2, 0.25) is 0 Å². The molecule has 1 rings (SSSR count). The molecule has 0 spiro atoms. The van der Waals surface area contributed by atoms with E-state index < -0.39 is 5.97 Å². The van der Waals surface area contributed by atoms with Crippen LogP contribution in [0, 0.1) is 0 Å². The third-order valence-electron chi connectivity index (χ3n) is 0.940. The lowest BCUT2D eigenvalue weighted by Gasteiger charge is -1.96. The van der Waals surface area contributed by atoms with E-state index in [0.717, 1.165) is 7.11 Å². The van der Waals surface area contributed by atoms with Crippen LogP contribution in [0.1, 0.15) is 14.6 Å². The SMILES string of the molecule is [2H]c1nc(C(=O)OC)c([2H])c(Br)c1[2H]. The van der Waals surface area contributed by atoms with Crippen molar-refractivity contribution in [1.29, 1.82) is 0 Å². The smallest absolute Gasteiger partial charge is 0.356 e. The summed E-state index contributed by atoms with van der Waals surface area (Å²) in [6.07, 6.45) is -0.367. The van der Waals surface area contributed by atoms with E-state index in [1.807, 2.05) is 0 Å². The molecular weight excluding hydrogens is 210 g/mol. The average molecular weight is 219 g/mol. The Kier molecular flexibility index (Phi) is 1.54. The van der Waals surface area contributed by atoms with Crippen molar-refractivity contribution in [3.63, 3.8) is 0 Å². The fourth-order valence-corrected chi connectivity index (χ4v) is 0.766. The lowest BCUT2D eigenvalue weighted by atomic mass is 10.4. The van der Waals surface area contributed by atoms with Crippen molar-refractivity contribution in [2.45, 2.75) is 0 Å². The quantitative estimate of drug-likeness (QED) is 0.674. The van der Waals surface area contributed by atoms with Crippen LogP contribution in [0.5, 0.6) is 0 Å². The Morgan fingerprint density at radius 1 is 1.91 bits per heavy atom. The van der Waals surface area contributed by atoms with Gasteiger partial charge in [-0.2, -0.15) is 0 Å². The maximum absolute atomic E-state index is 11.1. The van der Waals surface area contributed by atoms with Crippen molar-refractivity contribution in [2.24, 2.45) is 0 Å². The lowest BCUT2D eigenvalue weighted by molar-refractivity contribution is 0.0594. The molecule has 58 valence electrons. The first kappa shape index (κ1) is 4.87. The topological polar surface area (TPSA) is 39.2 Å². The molecule has 0 fully saturated rings. The second kappa shape index (κ2) is 3.48. The molecule has 0 saturated carbocycles. The zero-order valence-electron chi connectivity index (χ0n) is 8.64. The molecule has 0 amide bonds. The number of hydrogen-bond acceptors (Lipinski definition) is 3. The predicted molar refractivity (Wildman–Crippen MR) is 43.3 cm³/mol. The molecule has 3 nitrogen and oxygen atoms in total. The van der Waals surface area contributed by atoms with Gasteiger partial charge >= 0.3 is 5.97 Å². The molecule has 0 aromatic carbocycles. The van der Waals surface area contributed by atoms with E-state index >= 15 is 0 Å². The number of pyridine rings is 1. The number of rotatable bonds is 1. The highest BCUT2D eigenvalue weighted by Gasteiger charge is 2.05. The second-order valence-electron chi connectivity index (χ2n) is 1.63. The van der Waals surface area contributed by atoms with Crippen LogP contribution >= 0.6 is 15.9 Å².